The molecule has 2 aromatic carbocycles. The average molecular weight is 303 g/mol. The van der Waals surface area contributed by atoms with Crippen molar-refractivity contribution < 1.29 is 14.1 Å². The van der Waals surface area contributed by atoms with E-state index in [1.165, 1.54) is 11.0 Å². The van der Waals surface area contributed by atoms with Crippen molar-refractivity contribution in [1.82, 2.24) is 0 Å². The average Bonchev–Trinajstić information content (AvgIpc) is 2.91. The SMILES string of the molecule is COCOCc1ccc2c(c1)COB2c1cccc(Cl)c1. The summed E-state index contributed by atoms with van der Waals surface area (Å²) in [7, 11) is 1.62. The van der Waals surface area contributed by atoms with Crippen molar-refractivity contribution in [2.75, 3.05) is 13.9 Å². The summed E-state index contributed by atoms with van der Waals surface area (Å²) < 4.78 is 16.2. The van der Waals surface area contributed by atoms with Gasteiger partial charge >= 0.3 is 6.92 Å². The van der Waals surface area contributed by atoms with Gasteiger partial charge in [-0.2, -0.15) is 0 Å². The maximum atomic E-state index is 6.06. The molecule has 3 rings (SSSR count). The van der Waals surface area contributed by atoms with Gasteiger partial charge in [-0.25, -0.2) is 0 Å². The Balaban J connectivity index is 1.80. The predicted octanol–water partition coefficient (Wildman–Crippen LogP) is 2.10. The van der Waals surface area contributed by atoms with Gasteiger partial charge in [0.05, 0.1) is 13.2 Å². The smallest absolute Gasteiger partial charge is 0.362 e. The summed E-state index contributed by atoms with van der Waals surface area (Å²) in [6.45, 7) is 1.43. The number of ether oxygens (including phenoxy) is 2. The Kier molecular flexibility index (Phi) is 4.61. The van der Waals surface area contributed by atoms with Crippen LogP contribution in [0.5, 0.6) is 0 Å². The topological polar surface area (TPSA) is 27.7 Å². The van der Waals surface area contributed by atoms with Gasteiger partial charge in [-0.15, -0.1) is 0 Å². The molecule has 1 aliphatic rings. The number of rotatable bonds is 5. The quantitative estimate of drug-likeness (QED) is 0.481. The molecule has 0 atom stereocenters. The predicted molar refractivity (Wildman–Crippen MR) is 84.4 cm³/mol. The molecule has 108 valence electrons. The van der Waals surface area contributed by atoms with Crippen LogP contribution in [0.2, 0.25) is 5.02 Å². The first-order chi connectivity index (χ1) is 10.3. The minimum Gasteiger partial charge on any atom is -0.423 e. The molecular weight excluding hydrogens is 286 g/mol. The van der Waals surface area contributed by atoms with Crippen LogP contribution in [-0.4, -0.2) is 20.8 Å². The molecule has 1 aliphatic heterocycles. The molecule has 21 heavy (non-hydrogen) atoms. The van der Waals surface area contributed by atoms with E-state index in [-0.39, 0.29) is 6.92 Å². The summed E-state index contributed by atoms with van der Waals surface area (Å²) in [5.74, 6) is 0. The van der Waals surface area contributed by atoms with Crippen molar-refractivity contribution >= 4 is 29.4 Å². The zero-order chi connectivity index (χ0) is 14.7. The standard InChI is InChI=1S/C16H16BClO3/c1-19-11-20-9-12-5-6-16-13(7-12)10-21-17(16)14-3-2-4-15(18)8-14/h2-8H,9-11H2,1H3. The third kappa shape index (κ3) is 3.30. The van der Waals surface area contributed by atoms with Crippen molar-refractivity contribution in [2.24, 2.45) is 0 Å². The molecule has 0 N–H and O–H groups in total. The second kappa shape index (κ2) is 6.63. The summed E-state index contributed by atoms with van der Waals surface area (Å²) in [6, 6.07) is 14.1. The molecular formula is C16H16BClO3. The van der Waals surface area contributed by atoms with Gasteiger partial charge in [0.25, 0.3) is 0 Å². The first kappa shape index (κ1) is 14.6. The molecule has 2 aromatic rings. The molecule has 0 saturated heterocycles. The third-order valence-electron chi connectivity index (χ3n) is 3.52. The summed E-state index contributed by atoms with van der Waals surface area (Å²) in [4.78, 5) is 0. The van der Waals surface area contributed by atoms with Gasteiger partial charge in [-0.3, -0.25) is 0 Å². The van der Waals surface area contributed by atoms with E-state index in [1.807, 2.05) is 24.3 Å². The van der Waals surface area contributed by atoms with Gasteiger partial charge in [-0.05, 0) is 34.2 Å². The molecule has 0 aliphatic carbocycles. The number of methoxy groups -OCH3 is 1. The van der Waals surface area contributed by atoms with Gasteiger partial charge in [0.15, 0.2) is 0 Å². The molecule has 1 heterocycles. The van der Waals surface area contributed by atoms with E-state index in [1.54, 1.807) is 7.11 Å². The van der Waals surface area contributed by atoms with E-state index in [4.69, 9.17) is 25.7 Å². The Hall–Kier alpha value is -1.33. The van der Waals surface area contributed by atoms with Crippen LogP contribution in [0.25, 0.3) is 0 Å². The van der Waals surface area contributed by atoms with Gasteiger partial charge in [-0.1, -0.05) is 41.9 Å². The van der Waals surface area contributed by atoms with Gasteiger partial charge in [0, 0.05) is 12.1 Å². The van der Waals surface area contributed by atoms with E-state index in [2.05, 4.69) is 18.2 Å². The Bertz CT molecular complexity index is 633. The summed E-state index contributed by atoms with van der Waals surface area (Å²) in [5, 5.41) is 0.731. The second-order valence-corrected chi connectivity index (χ2v) is 5.47. The van der Waals surface area contributed by atoms with Crippen LogP contribution in [0.3, 0.4) is 0 Å². The molecule has 0 fully saturated rings. The van der Waals surface area contributed by atoms with Crippen LogP contribution >= 0.6 is 11.6 Å². The number of benzene rings is 2. The Morgan fingerprint density at radius 3 is 2.95 bits per heavy atom. The highest BCUT2D eigenvalue weighted by Crippen LogP contribution is 2.15. The van der Waals surface area contributed by atoms with Gasteiger partial charge in [0.1, 0.15) is 6.79 Å². The second-order valence-electron chi connectivity index (χ2n) is 5.03. The zero-order valence-electron chi connectivity index (χ0n) is 11.8. The van der Waals surface area contributed by atoms with Gasteiger partial charge in [0.2, 0.25) is 0 Å². The van der Waals surface area contributed by atoms with E-state index in [0.717, 1.165) is 16.0 Å². The van der Waals surface area contributed by atoms with Crippen LogP contribution in [-0.2, 0) is 27.3 Å². The molecule has 3 nitrogen and oxygen atoms in total. The van der Waals surface area contributed by atoms with Crippen LogP contribution in [0.15, 0.2) is 42.5 Å². The maximum Gasteiger partial charge on any atom is 0.362 e. The lowest BCUT2D eigenvalue weighted by molar-refractivity contribution is -0.0390. The first-order valence-corrected chi connectivity index (χ1v) is 7.21. The number of fused-ring (bicyclic) bond motifs is 1. The fourth-order valence-electron chi connectivity index (χ4n) is 2.58. The minimum absolute atomic E-state index is 0.0346. The first-order valence-electron chi connectivity index (χ1n) is 6.83. The molecule has 0 saturated carbocycles. The van der Waals surface area contributed by atoms with Crippen LogP contribution in [0.4, 0.5) is 0 Å². The van der Waals surface area contributed by atoms with Crippen molar-refractivity contribution in [3.8, 4) is 0 Å². The highest BCUT2D eigenvalue weighted by atomic mass is 35.5. The normalized spacial score (nSPS) is 13.5. The highest BCUT2D eigenvalue weighted by molar-refractivity contribution is 6.81. The summed E-state index contributed by atoms with van der Waals surface area (Å²) in [5.41, 5.74) is 4.62. The lowest BCUT2D eigenvalue weighted by Crippen LogP contribution is -2.41. The Labute approximate surface area is 129 Å². The fraction of sp³-hybridized carbons (Fsp3) is 0.250. The fourth-order valence-corrected chi connectivity index (χ4v) is 2.78. The molecule has 0 amide bonds. The van der Waals surface area contributed by atoms with Crippen LogP contribution in [0.1, 0.15) is 11.1 Å². The maximum absolute atomic E-state index is 6.06. The van der Waals surface area contributed by atoms with Crippen LogP contribution < -0.4 is 10.9 Å². The van der Waals surface area contributed by atoms with Crippen LogP contribution in [0, 0.1) is 0 Å². The van der Waals surface area contributed by atoms with E-state index in [9.17, 15) is 0 Å². The summed E-state index contributed by atoms with van der Waals surface area (Å²) in [6.07, 6.45) is 0. The number of hydrogen-bond acceptors (Lipinski definition) is 3. The Morgan fingerprint density at radius 2 is 2.14 bits per heavy atom. The highest BCUT2D eigenvalue weighted by Gasteiger charge is 2.30. The molecule has 5 heteroatoms. The van der Waals surface area contributed by atoms with Crippen molar-refractivity contribution in [1.29, 1.82) is 0 Å². The molecule has 0 unspecified atom stereocenters. The molecule has 0 radical (unpaired) electrons. The van der Waals surface area contributed by atoms with Gasteiger partial charge < -0.3 is 14.1 Å². The number of halogens is 1. The third-order valence-corrected chi connectivity index (χ3v) is 3.75. The van der Waals surface area contributed by atoms with Crippen molar-refractivity contribution in [3.63, 3.8) is 0 Å². The zero-order valence-corrected chi connectivity index (χ0v) is 12.6. The lowest BCUT2D eigenvalue weighted by Gasteiger charge is -2.08. The van der Waals surface area contributed by atoms with Crippen molar-refractivity contribution in [3.05, 3.63) is 58.6 Å². The van der Waals surface area contributed by atoms with E-state index >= 15 is 0 Å². The molecule has 0 aromatic heterocycles. The Morgan fingerprint density at radius 1 is 1.24 bits per heavy atom. The van der Waals surface area contributed by atoms with E-state index in [0.29, 0.717) is 20.0 Å². The van der Waals surface area contributed by atoms with E-state index < -0.39 is 0 Å². The largest absolute Gasteiger partial charge is 0.423 e. The molecule has 0 spiro atoms. The minimum atomic E-state index is -0.0346. The van der Waals surface area contributed by atoms with Crippen molar-refractivity contribution in [2.45, 2.75) is 13.2 Å². The monoisotopic (exact) mass is 302 g/mol. The lowest BCUT2D eigenvalue weighted by atomic mass is 9.56. The summed E-state index contributed by atoms with van der Waals surface area (Å²) >= 11 is 6.06. The molecule has 0 bridgehead atoms. The number of hydrogen-bond donors (Lipinski definition) is 0.